The quantitative estimate of drug-likeness (QED) is 0.266. The highest BCUT2D eigenvalue weighted by Crippen LogP contribution is 2.09. The van der Waals surface area contributed by atoms with Gasteiger partial charge in [-0.25, -0.2) is 4.79 Å². The van der Waals surface area contributed by atoms with Crippen molar-refractivity contribution >= 4 is 35.5 Å². The van der Waals surface area contributed by atoms with Crippen LogP contribution in [0, 0.1) is 5.92 Å². The van der Waals surface area contributed by atoms with Gasteiger partial charge in [-0.2, -0.15) is 11.8 Å². The number of nitrogens with two attached hydrogens (primary N) is 1. The topological polar surface area (TPSA) is 151 Å². The van der Waals surface area contributed by atoms with Gasteiger partial charge in [-0.1, -0.05) is 44.2 Å². The van der Waals surface area contributed by atoms with Crippen molar-refractivity contribution in [2.45, 2.75) is 64.2 Å². The summed E-state index contributed by atoms with van der Waals surface area (Å²) in [6.45, 7) is 5.31. The fourth-order valence-corrected chi connectivity index (χ4v) is 3.58. The number of thioether (sulfide) groups is 1. The van der Waals surface area contributed by atoms with Crippen molar-refractivity contribution in [2.24, 2.45) is 11.7 Å². The zero-order valence-electron chi connectivity index (χ0n) is 19.7. The minimum absolute atomic E-state index is 0.0572. The molecule has 0 aliphatic heterocycles. The summed E-state index contributed by atoms with van der Waals surface area (Å²) < 4.78 is 0. The molecule has 1 rings (SSSR count). The Bertz CT molecular complexity index is 788. The summed E-state index contributed by atoms with van der Waals surface area (Å²) >= 11 is 1.52. The third kappa shape index (κ3) is 10.7. The molecule has 0 aromatic heterocycles. The Balaban J connectivity index is 2.95. The first-order chi connectivity index (χ1) is 15.5. The number of carbonyl (C=O) groups is 4. The number of amides is 3. The van der Waals surface area contributed by atoms with Crippen molar-refractivity contribution in [1.29, 1.82) is 0 Å². The number of hydrogen-bond acceptors (Lipinski definition) is 6. The molecule has 33 heavy (non-hydrogen) atoms. The highest BCUT2D eigenvalue weighted by atomic mass is 32.2. The number of aliphatic carboxylic acids is 1. The second kappa shape index (κ2) is 14.5. The second-order valence-corrected chi connectivity index (χ2v) is 9.40. The molecule has 3 amide bonds. The lowest BCUT2D eigenvalue weighted by Crippen LogP contribution is -2.57. The molecule has 6 N–H and O–H groups in total. The van der Waals surface area contributed by atoms with E-state index in [1.54, 1.807) is 24.3 Å². The van der Waals surface area contributed by atoms with E-state index in [2.05, 4.69) is 16.0 Å². The predicted molar refractivity (Wildman–Crippen MR) is 130 cm³/mol. The first-order valence-corrected chi connectivity index (χ1v) is 12.4. The zero-order valence-corrected chi connectivity index (χ0v) is 20.5. The van der Waals surface area contributed by atoms with Gasteiger partial charge in [0, 0.05) is 6.42 Å². The molecule has 4 atom stereocenters. The fourth-order valence-electron chi connectivity index (χ4n) is 3.11. The monoisotopic (exact) mass is 480 g/mol. The van der Waals surface area contributed by atoms with Crippen molar-refractivity contribution in [3.8, 4) is 0 Å². The van der Waals surface area contributed by atoms with Crippen LogP contribution in [0.25, 0.3) is 0 Å². The number of carbonyl (C=O) groups excluding carboxylic acids is 3. The highest BCUT2D eigenvalue weighted by Gasteiger charge is 2.30. The van der Waals surface area contributed by atoms with Crippen LogP contribution in [0.2, 0.25) is 0 Å². The molecule has 0 aliphatic carbocycles. The Hall–Kier alpha value is -2.59. The van der Waals surface area contributed by atoms with Crippen molar-refractivity contribution in [3.63, 3.8) is 0 Å². The van der Waals surface area contributed by atoms with Gasteiger partial charge in [0.2, 0.25) is 17.7 Å². The molecule has 4 unspecified atom stereocenters. The number of carboxylic acid groups (broad SMARTS) is 1. The molecule has 0 bridgehead atoms. The summed E-state index contributed by atoms with van der Waals surface area (Å²) in [4.78, 5) is 49.7. The van der Waals surface area contributed by atoms with E-state index in [1.165, 1.54) is 18.7 Å². The van der Waals surface area contributed by atoms with Crippen molar-refractivity contribution in [3.05, 3.63) is 35.9 Å². The molecule has 184 valence electrons. The third-order valence-electron chi connectivity index (χ3n) is 4.89. The largest absolute Gasteiger partial charge is 0.480 e. The van der Waals surface area contributed by atoms with Crippen LogP contribution in [0.15, 0.2) is 30.3 Å². The lowest BCUT2D eigenvalue weighted by molar-refractivity contribution is -0.142. The third-order valence-corrected chi connectivity index (χ3v) is 5.54. The lowest BCUT2D eigenvalue weighted by Gasteiger charge is -2.26. The van der Waals surface area contributed by atoms with Crippen LogP contribution in [-0.4, -0.2) is 65.0 Å². The molecular formula is C23H36N4O5S. The number of hydrogen-bond donors (Lipinski definition) is 5. The van der Waals surface area contributed by atoms with Gasteiger partial charge >= 0.3 is 5.97 Å². The molecule has 1 aromatic carbocycles. The first kappa shape index (κ1) is 28.4. The average molecular weight is 481 g/mol. The van der Waals surface area contributed by atoms with E-state index in [-0.39, 0.29) is 12.3 Å². The van der Waals surface area contributed by atoms with Crippen LogP contribution in [0.5, 0.6) is 0 Å². The van der Waals surface area contributed by atoms with Gasteiger partial charge in [-0.05, 0) is 43.3 Å². The van der Waals surface area contributed by atoms with Gasteiger partial charge < -0.3 is 26.8 Å². The first-order valence-electron chi connectivity index (χ1n) is 11.0. The van der Waals surface area contributed by atoms with Crippen LogP contribution < -0.4 is 21.7 Å². The fraction of sp³-hybridized carbons (Fsp3) is 0.565. The normalized spacial score (nSPS) is 14.6. The van der Waals surface area contributed by atoms with Crippen LogP contribution in [0.1, 0.15) is 39.2 Å². The van der Waals surface area contributed by atoms with E-state index < -0.39 is 47.9 Å². The molecule has 0 saturated carbocycles. The van der Waals surface area contributed by atoms with Crippen molar-refractivity contribution in [2.75, 3.05) is 12.0 Å². The Morgan fingerprint density at radius 2 is 1.45 bits per heavy atom. The summed E-state index contributed by atoms with van der Waals surface area (Å²) in [5.74, 6) is -2.03. The lowest BCUT2D eigenvalue weighted by atomic mass is 10.0. The maximum Gasteiger partial charge on any atom is 0.326 e. The van der Waals surface area contributed by atoms with E-state index >= 15 is 0 Å². The molecule has 0 spiro atoms. The van der Waals surface area contributed by atoms with Gasteiger partial charge in [0.05, 0.1) is 6.04 Å². The predicted octanol–water partition coefficient (Wildman–Crippen LogP) is 0.915. The molecule has 0 radical (unpaired) electrons. The van der Waals surface area contributed by atoms with E-state index in [0.29, 0.717) is 18.6 Å². The van der Waals surface area contributed by atoms with Crippen molar-refractivity contribution in [1.82, 2.24) is 16.0 Å². The molecule has 10 heteroatoms. The van der Waals surface area contributed by atoms with Gasteiger partial charge in [0.25, 0.3) is 0 Å². The number of benzene rings is 1. The minimum atomic E-state index is -1.16. The van der Waals surface area contributed by atoms with Crippen LogP contribution in [0.4, 0.5) is 0 Å². The molecular weight excluding hydrogens is 444 g/mol. The number of nitrogens with one attached hydrogen (secondary N) is 3. The Kier molecular flexibility index (Phi) is 12.5. The summed E-state index contributed by atoms with van der Waals surface area (Å²) in [6.07, 6.45) is 2.68. The smallest absolute Gasteiger partial charge is 0.326 e. The number of carboxylic acids is 1. The molecule has 0 heterocycles. The zero-order chi connectivity index (χ0) is 25.0. The summed E-state index contributed by atoms with van der Waals surface area (Å²) in [5.41, 5.74) is 6.38. The number of rotatable bonds is 14. The van der Waals surface area contributed by atoms with Gasteiger partial charge in [-0.15, -0.1) is 0 Å². The van der Waals surface area contributed by atoms with E-state index in [9.17, 15) is 24.3 Å². The highest BCUT2D eigenvalue weighted by molar-refractivity contribution is 7.98. The molecule has 1 aromatic rings. The van der Waals surface area contributed by atoms with Gasteiger partial charge in [0.15, 0.2) is 0 Å². The molecule has 0 saturated heterocycles. The van der Waals surface area contributed by atoms with E-state index in [4.69, 9.17) is 5.73 Å². The van der Waals surface area contributed by atoms with E-state index in [1.807, 2.05) is 26.2 Å². The minimum Gasteiger partial charge on any atom is -0.480 e. The van der Waals surface area contributed by atoms with E-state index in [0.717, 1.165) is 5.56 Å². The van der Waals surface area contributed by atoms with Crippen molar-refractivity contribution < 1.29 is 24.3 Å². The second-order valence-electron chi connectivity index (χ2n) is 8.41. The van der Waals surface area contributed by atoms with Gasteiger partial charge in [-0.3, -0.25) is 14.4 Å². The Morgan fingerprint density at radius 1 is 0.909 bits per heavy atom. The Morgan fingerprint density at radius 3 is 1.97 bits per heavy atom. The molecule has 0 aliphatic rings. The Labute approximate surface area is 199 Å². The maximum atomic E-state index is 13.0. The van der Waals surface area contributed by atoms with Crippen LogP contribution in [0.3, 0.4) is 0 Å². The summed E-state index contributed by atoms with van der Waals surface area (Å²) in [7, 11) is 0. The van der Waals surface area contributed by atoms with Crippen LogP contribution >= 0.6 is 11.8 Å². The average Bonchev–Trinajstić information content (AvgIpc) is 2.75. The summed E-state index contributed by atoms with van der Waals surface area (Å²) in [5, 5.41) is 17.5. The molecule has 9 nitrogen and oxygen atoms in total. The molecule has 0 fully saturated rings. The van der Waals surface area contributed by atoms with Crippen LogP contribution in [-0.2, 0) is 25.6 Å². The maximum absolute atomic E-state index is 13.0. The standard InChI is InChI=1S/C23H36N4O5S/c1-14(2)12-18(26-21(29)17(10-11-33-4)25-20(28)15(3)24)22(30)27-19(23(31)32)13-16-8-6-5-7-9-16/h5-9,14-15,17-19H,10-13,24H2,1-4H3,(H,25,28)(H,26,29)(H,27,30)(H,31,32). The van der Waals surface area contributed by atoms with Gasteiger partial charge in [0.1, 0.15) is 18.1 Å². The SMILES string of the molecule is CSCCC(NC(=O)C(C)N)C(=O)NC(CC(C)C)C(=O)NC(Cc1ccccc1)C(=O)O. The summed E-state index contributed by atoms with van der Waals surface area (Å²) in [6, 6.07) is 5.27.